The molecule has 2 aliphatic rings. The SMILES string of the molecule is O=C1CN(C(=O)C[C@H]2C(=O)NCCN2Cc2ccc(-c3ccccc3)cc2)CCN1. The zero-order valence-corrected chi connectivity index (χ0v) is 16.8. The summed E-state index contributed by atoms with van der Waals surface area (Å²) in [5.41, 5.74) is 3.40. The van der Waals surface area contributed by atoms with Crippen molar-refractivity contribution in [2.24, 2.45) is 0 Å². The number of nitrogens with one attached hydrogen (secondary N) is 2. The number of piperazine rings is 2. The number of rotatable bonds is 5. The summed E-state index contributed by atoms with van der Waals surface area (Å²) in [4.78, 5) is 40.4. The number of hydrogen-bond acceptors (Lipinski definition) is 4. The molecule has 4 rings (SSSR count). The van der Waals surface area contributed by atoms with Crippen molar-refractivity contribution in [3.63, 3.8) is 0 Å². The Morgan fingerprint density at radius 2 is 1.60 bits per heavy atom. The molecule has 2 N–H and O–H groups in total. The van der Waals surface area contributed by atoms with Gasteiger partial charge in [-0.1, -0.05) is 54.6 Å². The van der Waals surface area contributed by atoms with Gasteiger partial charge in [0.1, 0.15) is 0 Å². The first-order valence-electron chi connectivity index (χ1n) is 10.3. The number of benzene rings is 2. The van der Waals surface area contributed by atoms with Gasteiger partial charge in [-0.2, -0.15) is 0 Å². The summed E-state index contributed by atoms with van der Waals surface area (Å²) in [5.74, 6) is -0.439. The zero-order valence-electron chi connectivity index (χ0n) is 16.8. The fourth-order valence-corrected chi connectivity index (χ4v) is 3.99. The van der Waals surface area contributed by atoms with Gasteiger partial charge in [-0.15, -0.1) is 0 Å². The molecule has 1 atom stereocenters. The van der Waals surface area contributed by atoms with Crippen molar-refractivity contribution in [1.29, 1.82) is 0 Å². The van der Waals surface area contributed by atoms with Gasteiger partial charge >= 0.3 is 0 Å². The van der Waals surface area contributed by atoms with Crippen molar-refractivity contribution in [1.82, 2.24) is 20.4 Å². The van der Waals surface area contributed by atoms with E-state index in [1.165, 1.54) is 4.90 Å². The van der Waals surface area contributed by atoms with Crippen LogP contribution in [0.4, 0.5) is 0 Å². The molecule has 3 amide bonds. The maximum atomic E-state index is 12.7. The van der Waals surface area contributed by atoms with Crippen LogP contribution in [0.2, 0.25) is 0 Å². The lowest BCUT2D eigenvalue weighted by atomic mass is 10.0. The fourth-order valence-electron chi connectivity index (χ4n) is 3.99. The molecule has 0 spiro atoms. The van der Waals surface area contributed by atoms with Crippen LogP contribution >= 0.6 is 0 Å². The van der Waals surface area contributed by atoms with E-state index in [0.717, 1.165) is 16.7 Å². The topological polar surface area (TPSA) is 81.8 Å². The van der Waals surface area contributed by atoms with Gasteiger partial charge < -0.3 is 15.5 Å². The quantitative estimate of drug-likeness (QED) is 0.776. The first kappa shape index (κ1) is 20.1. The molecule has 0 unspecified atom stereocenters. The molecular weight excluding hydrogens is 380 g/mol. The molecule has 0 aromatic heterocycles. The minimum atomic E-state index is -0.523. The second-order valence-corrected chi connectivity index (χ2v) is 7.71. The van der Waals surface area contributed by atoms with Crippen LogP contribution in [-0.2, 0) is 20.9 Å². The first-order chi connectivity index (χ1) is 14.6. The van der Waals surface area contributed by atoms with Gasteiger partial charge in [0.15, 0.2) is 0 Å². The van der Waals surface area contributed by atoms with Crippen LogP contribution in [0, 0.1) is 0 Å². The molecule has 2 aromatic rings. The van der Waals surface area contributed by atoms with Crippen LogP contribution in [0.15, 0.2) is 54.6 Å². The Morgan fingerprint density at radius 3 is 2.33 bits per heavy atom. The van der Waals surface area contributed by atoms with E-state index in [0.29, 0.717) is 32.7 Å². The minimum Gasteiger partial charge on any atom is -0.353 e. The van der Waals surface area contributed by atoms with E-state index < -0.39 is 6.04 Å². The molecule has 30 heavy (non-hydrogen) atoms. The van der Waals surface area contributed by atoms with Gasteiger partial charge in [0.2, 0.25) is 17.7 Å². The highest BCUT2D eigenvalue weighted by Crippen LogP contribution is 2.21. The van der Waals surface area contributed by atoms with E-state index in [9.17, 15) is 14.4 Å². The summed E-state index contributed by atoms with van der Waals surface area (Å²) in [6, 6.07) is 18.0. The van der Waals surface area contributed by atoms with Crippen molar-refractivity contribution in [3.8, 4) is 11.1 Å². The third-order valence-corrected chi connectivity index (χ3v) is 5.65. The first-order valence-corrected chi connectivity index (χ1v) is 10.3. The minimum absolute atomic E-state index is 0.0636. The lowest BCUT2D eigenvalue weighted by molar-refractivity contribution is -0.142. The van der Waals surface area contributed by atoms with Gasteiger partial charge in [0.05, 0.1) is 19.0 Å². The third-order valence-electron chi connectivity index (χ3n) is 5.65. The van der Waals surface area contributed by atoms with E-state index in [-0.39, 0.29) is 30.7 Å². The predicted molar refractivity (Wildman–Crippen MR) is 113 cm³/mol. The average Bonchev–Trinajstić information content (AvgIpc) is 2.77. The molecule has 0 aliphatic carbocycles. The normalized spacial score (nSPS) is 19.9. The van der Waals surface area contributed by atoms with Crippen molar-refractivity contribution < 1.29 is 14.4 Å². The van der Waals surface area contributed by atoms with E-state index in [1.807, 2.05) is 18.2 Å². The van der Waals surface area contributed by atoms with Crippen molar-refractivity contribution in [2.75, 3.05) is 32.7 Å². The molecule has 7 nitrogen and oxygen atoms in total. The monoisotopic (exact) mass is 406 g/mol. The molecule has 2 heterocycles. The van der Waals surface area contributed by atoms with Crippen LogP contribution in [0.1, 0.15) is 12.0 Å². The standard InChI is InChI=1S/C23H26N4O3/c28-21-16-27(13-10-24-21)22(29)14-20-23(30)25-11-12-26(20)15-17-6-8-19(9-7-17)18-4-2-1-3-5-18/h1-9,20H,10-16H2,(H,24,28)(H,25,30)/t20-/m0/s1. The third kappa shape index (κ3) is 4.68. The summed E-state index contributed by atoms with van der Waals surface area (Å²) in [6.45, 7) is 2.86. The molecule has 2 saturated heterocycles. The maximum Gasteiger partial charge on any atom is 0.239 e. The lowest BCUT2D eigenvalue weighted by Gasteiger charge is -2.36. The number of nitrogens with zero attached hydrogens (tertiary/aromatic N) is 2. The van der Waals surface area contributed by atoms with E-state index in [4.69, 9.17) is 0 Å². The van der Waals surface area contributed by atoms with Gasteiger partial charge in [-0.25, -0.2) is 0 Å². The number of hydrogen-bond donors (Lipinski definition) is 2. The zero-order chi connectivity index (χ0) is 20.9. The Bertz CT molecular complexity index is 914. The van der Waals surface area contributed by atoms with Gasteiger partial charge in [-0.3, -0.25) is 19.3 Å². The van der Waals surface area contributed by atoms with Crippen molar-refractivity contribution in [2.45, 2.75) is 19.0 Å². The maximum absolute atomic E-state index is 12.7. The Balaban J connectivity index is 1.43. The highest BCUT2D eigenvalue weighted by Gasteiger charge is 2.33. The summed E-state index contributed by atoms with van der Waals surface area (Å²) in [5, 5.41) is 5.58. The number of carbonyl (C=O) groups is 3. The van der Waals surface area contributed by atoms with E-state index >= 15 is 0 Å². The Kier molecular flexibility index (Phi) is 6.09. The molecule has 7 heteroatoms. The predicted octanol–water partition coefficient (Wildman–Crippen LogP) is 1.00. The summed E-state index contributed by atoms with van der Waals surface area (Å²) < 4.78 is 0. The van der Waals surface area contributed by atoms with Crippen LogP contribution in [0.25, 0.3) is 11.1 Å². The van der Waals surface area contributed by atoms with Crippen LogP contribution < -0.4 is 10.6 Å². The van der Waals surface area contributed by atoms with Crippen molar-refractivity contribution in [3.05, 3.63) is 60.2 Å². The molecule has 2 fully saturated rings. The van der Waals surface area contributed by atoms with Gasteiger partial charge in [0.25, 0.3) is 0 Å². The largest absolute Gasteiger partial charge is 0.353 e. The second-order valence-electron chi connectivity index (χ2n) is 7.71. The van der Waals surface area contributed by atoms with Crippen molar-refractivity contribution >= 4 is 17.7 Å². The molecule has 0 saturated carbocycles. The molecular formula is C23H26N4O3. The fraction of sp³-hybridized carbons (Fsp3) is 0.348. The summed E-state index contributed by atoms with van der Waals surface area (Å²) >= 11 is 0. The highest BCUT2D eigenvalue weighted by atomic mass is 16.2. The van der Waals surface area contributed by atoms with E-state index in [1.54, 1.807) is 0 Å². The lowest BCUT2D eigenvalue weighted by Crippen LogP contribution is -2.57. The number of amides is 3. The Hall–Kier alpha value is -3.19. The van der Waals surface area contributed by atoms with Gasteiger partial charge in [0, 0.05) is 32.7 Å². The molecule has 2 aliphatic heterocycles. The van der Waals surface area contributed by atoms with Crippen LogP contribution in [0.3, 0.4) is 0 Å². The van der Waals surface area contributed by atoms with Crippen LogP contribution in [0.5, 0.6) is 0 Å². The smallest absolute Gasteiger partial charge is 0.239 e. The van der Waals surface area contributed by atoms with Crippen LogP contribution in [-0.4, -0.2) is 66.3 Å². The highest BCUT2D eigenvalue weighted by molar-refractivity contribution is 5.91. The average molecular weight is 406 g/mol. The number of carbonyl (C=O) groups excluding carboxylic acids is 3. The summed E-state index contributed by atoms with van der Waals surface area (Å²) in [6.07, 6.45) is 0.0845. The Morgan fingerprint density at radius 1 is 0.900 bits per heavy atom. The van der Waals surface area contributed by atoms with E-state index in [2.05, 4.69) is 51.9 Å². The molecule has 0 radical (unpaired) electrons. The molecule has 2 aromatic carbocycles. The molecule has 0 bridgehead atoms. The second kappa shape index (κ2) is 9.09. The summed E-state index contributed by atoms with van der Waals surface area (Å²) in [7, 11) is 0. The Labute approximate surface area is 176 Å². The molecule has 156 valence electrons. The van der Waals surface area contributed by atoms with Gasteiger partial charge in [-0.05, 0) is 16.7 Å².